The standard InChI is InChI=1S/C26H23FN4O3/c1-3-34-22-14-16(8-13-21(22)32)24-23(25(33)29-18-11-9-17(27)10-12-18)15(2)28-26-30-19-6-4-5-7-20(19)31(24)26/h4-14,24,32H,3H2,1-2H3,(H,28,30)(H,29,33). The summed E-state index contributed by atoms with van der Waals surface area (Å²) in [5, 5.41) is 16.4. The molecular formula is C26H23FN4O3. The molecule has 3 aromatic carbocycles. The number of anilines is 2. The largest absolute Gasteiger partial charge is 0.504 e. The third kappa shape index (κ3) is 3.73. The lowest BCUT2D eigenvalue weighted by molar-refractivity contribution is -0.113. The maximum absolute atomic E-state index is 13.6. The zero-order valence-electron chi connectivity index (χ0n) is 18.7. The summed E-state index contributed by atoms with van der Waals surface area (Å²) in [7, 11) is 0. The summed E-state index contributed by atoms with van der Waals surface area (Å²) in [6, 6.07) is 17.8. The van der Waals surface area contributed by atoms with E-state index >= 15 is 0 Å². The highest BCUT2D eigenvalue weighted by atomic mass is 19.1. The molecule has 0 spiro atoms. The predicted molar refractivity (Wildman–Crippen MR) is 129 cm³/mol. The molecule has 0 saturated heterocycles. The smallest absolute Gasteiger partial charge is 0.255 e. The lowest BCUT2D eigenvalue weighted by Gasteiger charge is -2.31. The van der Waals surface area contributed by atoms with Crippen LogP contribution in [0, 0.1) is 5.82 Å². The molecule has 34 heavy (non-hydrogen) atoms. The lowest BCUT2D eigenvalue weighted by atomic mass is 9.94. The summed E-state index contributed by atoms with van der Waals surface area (Å²) in [5.41, 5.74) is 3.96. The number of halogens is 1. The molecule has 1 aromatic heterocycles. The van der Waals surface area contributed by atoms with Gasteiger partial charge in [-0.25, -0.2) is 9.37 Å². The van der Waals surface area contributed by atoms with Crippen LogP contribution in [0.1, 0.15) is 25.5 Å². The van der Waals surface area contributed by atoms with Crippen molar-refractivity contribution in [3.05, 3.63) is 89.4 Å². The molecule has 1 aliphatic rings. The summed E-state index contributed by atoms with van der Waals surface area (Å²) in [6.45, 7) is 4.04. The van der Waals surface area contributed by atoms with Crippen molar-refractivity contribution in [2.45, 2.75) is 19.9 Å². The van der Waals surface area contributed by atoms with Gasteiger partial charge in [0.1, 0.15) is 5.82 Å². The second-order valence-electron chi connectivity index (χ2n) is 7.98. The number of aromatic hydroxyl groups is 1. The van der Waals surface area contributed by atoms with Gasteiger partial charge >= 0.3 is 0 Å². The van der Waals surface area contributed by atoms with E-state index in [9.17, 15) is 14.3 Å². The first-order chi connectivity index (χ1) is 16.5. The molecule has 0 aliphatic carbocycles. The minimum Gasteiger partial charge on any atom is -0.504 e. The van der Waals surface area contributed by atoms with Crippen molar-refractivity contribution in [2.75, 3.05) is 17.2 Å². The third-order valence-corrected chi connectivity index (χ3v) is 5.78. The number of aromatic nitrogens is 2. The Labute approximate surface area is 195 Å². The highest BCUT2D eigenvalue weighted by Crippen LogP contribution is 2.41. The van der Waals surface area contributed by atoms with E-state index in [4.69, 9.17) is 9.72 Å². The number of imidazole rings is 1. The highest BCUT2D eigenvalue weighted by Gasteiger charge is 2.34. The van der Waals surface area contributed by atoms with Gasteiger partial charge in [-0.15, -0.1) is 0 Å². The van der Waals surface area contributed by atoms with Crippen molar-refractivity contribution in [3.63, 3.8) is 0 Å². The van der Waals surface area contributed by atoms with Crippen molar-refractivity contribution >= 4 is 28.6 Å². The Hall–Kier alpha value is -4.33. The van der Waals surface area contributed by atoms with Crippen LogP contribution in [-0.4, -0.2) is 27.2 Å². The van der Waals surface area contributed by atoms with Crippen LogP contribution >= 0.6 is 0 Å². The average molecular weight is 458 g/mol. The third-order valence-electron chi connectivity index (χ3n) is 5.78. The van der Waals surface area contributed by atoms with E-state index in [1.807, 2.05) is 42.7 Å². The van der Waals surface area contributed by atoms with Gasteiger partial charge in [-0.2, -0.15) is 0 Å². The Kier molecular flexibility index (Phi) is 5.41. The van der Waals surface area contributed by atoms with Crippen molar-refractivity contribution < 1.29 is 19.0 Å². The van der Waals surface area contributed by atoms with Crippen LogP contribution < -0.4 is 15.4 Å². The van der Waals surface area contributed by atoms with Gasteiger partial charge < -0.3 is 20.5 Å². The normalized spacial score (nSPS) is 15.1. The maximum Gasteiger partial charge on any atom is 0.255 e. The van der Waals surface area contributed by atoms with Gasteiger partial charge in [-0.3, -0.25) is 9.36 Å². The van der Waals surface area contributed by atoms with Crippen molar-refractivity contribution in [1.29, 1.82) is 0 Å². The van der Waals surface area contributed by atoms with Gasteiger partial charge in [0.15, 0.2) is 11.5 Å². The Morgan fingerprint density at radius 2 is 1.94 bits per heavy atom. The van der Waals surface area contributed by atoms with Crippen LogP contribution in [0.15, 0.2) is 78.0 Å². The second kappa shape index (κ2) is 8.55. The van der Waals surface area contributed by atoms with Crippen LogP contribution in [0.2, 0.25) is 0 Å². The van der Waals surface area contributed by atoms with Crippen molar-refractivity contribution in [3.8, 4) is 11.5 Å². The number of rotatable bonds is 5. The van der Waals surface area contributed by atoms with Gasteiger partial charge in [0.05, 0.1) is 29.3 Å². The number of allylic oxidation sites excluding steroid dienone is 1. The van der Waals surface area contributed by atoms with Crippen LogP contribution in [-0.2, 0) is 4.79 Å². The molecule has 1 atom stereocenters. The fourth-order valence-corrected chi connectivity index (χ4v) is 4.28. The Morgan fingerprint density at radius 1 is 1.18 bits per heavy atom. The van der Waals surface area contributed by atoms with E-state index in [2.05, 4.69) is 10.6 Å². The molecule has 4 aromatic rings. The average Bonchev–Trinajstić information content (AvgIpc) is 3.19. The monoisotopic (exact) mass is 458 g/mol. The van der Waals surface area contributed by atoms with Crippen molar-refractivity contribution in [1.82, 2.24) is 9.55 Å². The maximum atomic E-state index is 13.6. The van der Waals surface area contributed by atoms with E-state index < -0.39 is 6.04 Å². The van der Waals surface area contributed by atoms with Gasteiger partial charge in [-0.05, 0) is 67.9 Å². The molecule has 7 nitrogen and oxygen atoms in total. The molecule has 5 rings (SSSR count). The molecular weight excluding hydrogens is 435 g/mol. The number of phenols is 1. The minimum atomic E-state index is -0.552. The number of ether oxygens (including phenoxy) is 1. The quantitative estimate of drug-likeness (QED) is 0.382. The number of para-hydroxylation sites is 2. The Morgan fingerprint density at radius 3 is 2.71 bits per heavy atom. The number of nitrogens with zero attached hydrogens (tertiary/aromatic N) is 2. The minimum absolute atomic E-state index is 0.0215. The summed E-state index contributed by atoms with van der Waals surface area (Å²) in [6.07, 6.45) is 0. The molecule has 2 heterocycles. The Balaban J connectivity index is 1.67. The van der Waals surface area contributed by atoms with E-state index in [1.165, 1.54) is 24.3 Å². The first-order valence-corrected chi connectivity index (χ1v) is 10.9. The van der Waals surface area contributed by atoms with Crippen LogP contribution in [0.25, 0.3) is 11.0 Å². The zero-order chi connectivity index (χ0) is 23.8. The lowest BCUT2D eigenvalue weighted by Crippen LogP contribution is -2.31. The molecule has 1 aliphatic heterocycles. The number of hydrogen-bond acceptors (Lipinski definition) is 5. The molecule has 0 fully saturated rings. The second-order valence-corrected chi connectivity index (χ2v) is 7.98. The molecule has 3 N–H and O–H groups in total. The van der Waals surface area contributed by atoms with E-state index in [-0.39, 0.29) is 17.5 Å². The number of carbonyl (C=O) groups excluding carboxylic acids is 1. The van der Waals surface area contributed by atoms with E-state index in [0.29, 0.717) is 35.3 Å². The molecule has 0 bridgehead atoms. The number of hydrogen-bond donors (Lipinski definition) is 3. The topological polar surface area (TPSA) is 88.4 Å². The summed E-state index contributed by atoms with van der Waals surface area (Å²) >= 11 is 0. The molecule has 0 saturated carbocycles. The number of fused-ring (bicyclic) bond motifs is 3. The zero-order valence-corrected chi connectivity index (χ0v) is 18.7. The summed E-state index contributed by atoms with van der Waals surface area (Å²) < 4.78 is 20.9. The van der Waals surface area contributed by atoms with Crippen LogP contribution in [0.4, 0.5) is 16.0 Å². The number of carbonyl (C=O) groups is 1. The number of phenolic OH excluding ortho intramolecular Hbond substituents is 1. The summed E-state index contributed by atoms with van der Waals surface area (Å²) in [5.74, 6) is 0.241. The number of benzene rings is 3. The van der Waals surface area contributed by atoms with Gasteiger partial charge in [-0.1, -0.05) is 18.2 Å². The Bertz CT molecular complexity index is 1430. The fourth-order valence-electron chi connectivity index (χ4n) is 4.28. The molecule has 1 amide bonds. The highest BCUT2D eigenvalue weighted by molar-refractivity contribution is 6.06. The van der Waals surface area contributed by atoms with Gasteiger partial charge in [0, 0.05) is 11.4 Å². The molecule has 1 unspecified atom stereocenters. The summed E-state index contributed by atoms with van der Waals surface area (Å²) in [4.78, 5) is 18.3. The van der Waals surface area contributed by atoms with Crippen LogP contribution in [0.5, 0.6) is 11.5 Å². The van der Waals surface area contributed by atoms with E-state index in [0.717, 1.165) is 16.6 Å². The van der Waals surface area contributed by atoms with Crippen LogP contribution in [0.3, 0.4) is 0 Å². The SMILES string of the molecule is CCOc1cc(C2C(C(=O)Nc3ccc(F)cc3)=C(C)Nc3nc4ccccc4n32)ccc1O. The number of amides is 1. The molecule has 172 valence electrons. The predicted octanol–water partition coefficient (Wildman–Crippen LogP) is 5.21. The first-order valence-electron chi connectivity index (χ1n) is 10.9. The van der Waals surface area contributed by atoms with Gasteiger partial charge in [0.25, 0.3) is 5.91 Å². The van der Waals surface area contributed by atoms with Crippen molar-refractivity contribution in [2.24, 2.45) is 0 Å². The first kappa shape index (κ1) is 21.5. The fraction of sp³-hybridized carbons (Fsp3) is 0.154. The van der Waals surface area contributed by atoms with E-state index in [1.54, 1.807) is 18.2 Å². The van der Waals surface area contributed by atoms with Gasteiger partial charge in [0.2, 0.25) is 5.95 Å². The molecule has 0 radical (unpaired) electrons. The number of nitrogens with one attached hydrogen (secondary N) is 2. The molecule has 8 heteroatoms.